The summed E-state index contributed by atoms with van der Waals surface area (Å²) in [5.41, 5.74) is 3.54. The first-order chi connectivity index (χ1) is 17.4. The molecule has 1 amide bonds. The number of amides is 1. The van der Waals surface area contributed by atoms with Crippen LogP contribution in [0.1, 0.15) is 47.2 Å². The SMILES string of the molecule is Cc1c(F)cc(C(=O)NC2CC2)cc1-c1ccc2c(=O)n(CC3CC3)cc(CN3CC4NCC43)c2c1. The molecule has 7 rings (SSSR count). The highest BCUT2D eigenvalue weighted by Crippen LogP contribution is 2.34. The zero-order chi connectivity index (χ0) is 24.6. The standard InChI is InChI=1S/C29H31FN4O2/c1-16-23(9-19(10-25(16)30)28(35)32-21-5-6-21)18-4-7-22-24(8-18)20(13-33-15-26-27(33)11-31-26)14-34(29(22)36)12-17-2-3-17/h4,7-10,14,17,21,26-27,31H,2-3,5-6,11-13,15H2,1H3,(H,32,35). The minimum atomic E-state index is -0.391. The molecule has 1 aromatic heterocycles. The van der Waals surface area contributed by atoms with Crippen molar-refractivity contribution in [3.05, 3.63) is 69.4 Å². The van der Waals surface area contributed by atoms with Gasteiger partial charge in [0.1, 0.15) is 5.82 Å². The normalized spacial score (nSPS) is 23.2. The Bertz CT molecular complexity index is 1460. The first kappa shape index (κ1) is 22.2. The van der Waals surface area contributed by atoms with Crippen molar-refractivity contribution < 1.29 is 9.18 Å². The molecule has 0 radical (unpaired) electrons. The van der Waals surface area contributed by atoms with Gasteiger partial charge in [0, 0.05) is 61.5 Å². The van der Waals surface area contributed by atoms with Gasteiger partial charge in [-0.3, -0.25) is 14.5 Å². The Morgan fingerprint density at radius 2 is 1.97 bits per heavy atom. The smallest absolute Gasteiger partial charge is 0.258 e. The molecule has 4 aliphatic rings. The highest BCUT2D eigenvalue weighted by molar-refractivity contribution is 5.97. The molecule has 2 aliphatic heterocycles. The monoisotopic (exact) mass is 486 g/mol. The molecule has 2 atom stereocenters. The number of hydrogen-bond donors (Lipinski definition) is 2. The van der Waals surface area contributed by atoms with Crippen LogP contribution in [0.4, 0.5) is 4.39 Å². The molecule has 7 heteroatoms. The van der Waals surface area contributed by atoms with Crippen LogP contribution in [0.5, 0.6) is 0 Å². The number of carbonyl (C=O) groups excluding carboxylic acids is 1. The van der Waals surface area contributed by atoms with E-state index in [1.165, 1.54) is 18.9 Å². The van der Waals surface area contributed by atoms with E-state index in [2.05, 4.69) is 21.7 Å². The average molecular weight is 487 g/mol. The Balaban J connectivity index is 1.31. The number of nitrogens with zero attached hydrogens (tertiary/aromatic N) is 2. The molecule has 186 valence electrons. The molecule has 36 heavy (non-hydrogen) atoms. The van der Waals surface area contributed by atoms with Crippen molar-refractivity contribution in [1.82, 2.24) is 20.1 Å². The molecular formula is C29H31FN4O2. The van der Waals surface area contributed by atoms with Crippen LogP contribution in [-0.4, -0.2) is 46.6 Å². The third-order valence-electron chi connectivity index (χ3n) is 8.48. The van der Waals surface area contributed by atoms with Crippen molar-refractivity contribution in [1.29, 1.82) is 0 Å². The predicted octanol–water partition coefficient (Wildman–Crippen LogP) is 3.57. The van der Waals surface area contributed by atoms with Crippen LogP contribution in [0.15, 0.2) is 41.3 Å². The minimum absolute atomic E-state index is 0.0412. The van der Waals surface area contributed by atoms with Crippen LogP contribution in [0.2, 0.25) is 0 Å². The van der Waals surface area contributed by atoms with Crippen molar-refractivity contribution in [2.75, 3.05) is 13.1 Å². The summed E-state index contributed by atoms with van der Waals surface area (Å²) in [6, 6.07) is 10.3. The minimum Gasteiger partial charge on any atom is -0.349 e. The van der Waals surface area contributed by atoms with Crippen LogP contribution < -0.4 is 16.2 Å². The van der Waals surface area contributed by atoms with Gasteiger partial charge in [-0.15, -0.1) is 0 Å². The Morgan fingerprint density at radius 3 is 2.64 bits per heavy atom. The summed E-state index contributed by atoms with van der Waals surface area (Å²) >= 11 is 0. The number of rotatable bonds is 7. The summed E-state index contributed by atoms with van der Waals surface area (Å²) in [4.78, 5) is 28.5. The first-order valence-corrected chi connectivity index (χ1v) is 13.2. The summed E-state index contributed by atoms with van der Waals surface area (Å²) in [6.07, 6.45) is 6.39. The van der Waals surface area contributed by atoms with Crippen LogP contribution in [0.3, 0.4) is 0 Å². The van der Waals surface area contributed by atoms with E-state index in [-0.39, 0.29) is 17.5 Å². The maximum Gasteiger partial charge on any atom is 0.258 e. The molecule has 2 saturated carbocycles. The summed E-state index contributed by atoms with van der Waals surface area (Å²) < 4.78 is 16.8. The number of pyridine rings is 1. The van der Waals surface area contributed by atoms with Crippen molar-refractivity contribution in [2.24, 2.45) is 5.92 Å². The molecule has 3 heterocycles. The van der Waals surface area contributed by atoms with Crippen LogP contribution in [0.25, 0.3) is 21.9 Å². The van der Waals surface area contributed by atoms with Gasteiger partial charge in [-0.2, -0.15) is 0 Å². The highest BCUT2D eigenvalue weighted by Gasteiger charge is 2.45. The maximum atomic E-state index is 14.9. The second kappa shape index (κ2) is 8.25. The third-order valence-corrected chi connectivity index (χ3v) is 8.48. The molecule has 2 aromatic carbocycles. The van der Waals surface area contributed by atoms with Crippen LogP contribution >= 0.6 is 0 Å². The number of hydrogen-bond acceptors (Lipinski definition) is 4. The Hall–Kier alpha value is -3.03. The number of fused-ring (bicyclic) bond motifs is 2. The summed E-state index contributed by atoms with van der Waals surface area (Å²) in [5, 5.41) is 8.05. The Morgan fingerprint density at radius 1 is 1.14 bits per heavy atom. The lowest BCUT2D eigenvalue weighted by Gasteiger charge is -2.56. The van der Waals surface area contributed by atoms with E-state index in [0.29, 0.717) is 40.1 Å². The summed E-state index contributed by atoms with van der Waals surface area (Å²) in [7, 11) is 0. The average Bonchev–Trinajstić information content (AvgIpc) is 3.78. The molecule has 4 fully saturated rings. The predicted molar refractivity (Wildman–Crippen MR) is 138 cm³/mol. The fraction of sp³-hybridized carbons (Fsp3) is 0.448. The topological polar surface area (TPSA) is 66.4 Å². The van der Waals surface area contributed by atoms with Gasteiger partial charge in [0.05, 0.1) is 0 Å². The van der Waals surface area contributed by atoms with E-state index in [9.17, 15) is 14.0 Å². The molecule has 6 nitrogen and oxygen atoms in total. The number of halogens is 1. The lowest BCUT2D eigenvalue weighted by Crippen LogP contribution is -2.77. The van der Waals surface area contributed by atoms with Gasteiger partial charge in [-0.05, 0) is 90.4 Å². The molecule has 2 saturated heterocycles. The molecule has 3 aromatic rings. The number of aromatic nitrogens is 1. The number of likely N-dealkylation sites (tertiary alicyclic amines) is 1. The van der Waals surface area contributed by atoms with E-state index in [1.807, 2.05) is 22.8 Å². The quantitative estimate of drug-likeness (QED) is 0.536. The second-order valence-electron chi connectivity index (χ2n) is 11.2. The van der Waals surface area contributed by atoms with Crippen LogP contribution in [0, 0.1) is 18.7 Å². The van der Waals surface area contributed by atoms with E-state index in [4.69, 9.17) is 0 Å². The second-order valence-corrected chi connectivity index (χ2v) is 11.2. The van der Waals surface area contributed by atoms with Crippen molar-refractivity contribution in [2.45, 2.75) is 63.8 Å². The van der Waals surface area contributed by atoms with Crippen molar-refractivity contribution >= 4 is 16.7 Å². The van der Waals surface area contributed by atoms with E-state index >= 15 is 0 Å². The van der Waals surface area contributed by atoms with Crippen molar-refractivity contribution in [3.63, 3.8) is 0 Å². The first-order valence-electron chi connectivity index (χ1n) is 13.2. The number of piperazine rings is 1. The van der Waals surface area contributed by atoms with Gasteiger partial charge in [0.2, 0.25) is 0 Å². The molecular weight excluding hydrogens is 455 g/mol. The molecule has 0 bridgehead atoms. The largest absolute Gasteiger partial charge is 0.349 e. The Kier molecular flexibility index (Phi) is 5.08. The zero-order valence-corrected chi connectivity index (χ0v) is 20.5. The van der Waals surface area contributed by atoms with Gasteiger partial charge in [-0.1, -0.05) is 6.07 Å². The van der Waals surface area contributed by atoms with E-state index in [0.717, 1.165) is 55.5 Å². The highest BCUT2D eigenvalue weighted by atomic mass is 19.1. The van der Waals surface area contributed by atoms with E-state index in [1.54, 1.807) is 13.0 Å². The molecule has 2 unspecified atom stereocenters. The van der Waals surface area contributed by atoms with Gasteiger partial charge in [0.15, 0.2) is 0 Å². The molecule has 2 N–H and O–H groups in total. The lowest BCUT2D eigenvalue weighted by atomic mass is 9.87. The number of nitrogens with one attached hydrogen (secondary N) is 2. The molecule has 0 spiro atoms. The van der Waals surface area contributed by atoms with Crippen LogP contribution in [-0.2, 0) is 13.1 Å². The molecule has 2 aliphatic carbocycles. The van der Waals surface area contributed by atoms with Gasteiger partial charge in [-0.25, -0.2) is 4.39 Å². The van der Waals surface area contributed by atoms with E-state index < -0.39 is 5.82 Å². The maximum absolute atomic E-state index is 14.9. The Labute approximate surface area is 209 Å². The van der Waals surface area contributed by atoms with Gasteiger partial charge >= 0.3 is 0 Å². The zero-order valence-electron chi connectivity index (χ0n) is 20.5. The number of benzene rings is 2. The van der Waals surface area contributed by atoms with Crippen molar-refractivity contribution in [3.8, 4) is 11.1 Å². The number of carbonyl (C=O) groups is 1. The third kappa shape index (κ3) is 3.85. The fourth-order valence-corrected chi connectivity index (χ4v) is 5.69. The lowest BCUT2D eigenvalue weighted by molar-refractivity contribution is -0.0234. The fourth-order valence-electron chi connectivity index (χ4n) is 5.69. The van der Waals surface area contributed by atoms with Gasteiger partial charge < -0.3 is 15.2 Å². The summed E-state index contributed by atoms with van der Waals surface area (Å²) in [5.74, 6) is -0.0205. The van der Waals surface area contributed by atoms with Gasteiger partial charge in [0.25, 0.3) is 11.5 Å². The summed E-state index contributed by atoms with van der Waals surface area (Å²) in [6.45, 7) is 5.36.